The van der Waals surface area contributed by atoms with E-state index in [1.807, 2.05) is 7.05 Å². The molecular weight excluding hydrogens is 268 g/mol. The summed E-state index contributed by atoms with van der Waals surface area (Å²) in [7, 11) is -1.45. The van der Waals surface area contributed by atoms with Gasteiger partial charge in [0.15, 0.2) is 0 Å². The first-order chi connectivity index (χ1) is 8.62. The van der Waals surface area contributed by atoms with Crippen LogP contribution in [0.2, 0.25) is 0 Å². The smallest absolute Gasteiger partial charge is 0.241 e. The summed E-state index contributed by atoms with van der Waals surface area (Å²) < 4.78 is 26.6. The van der Waals surface area contributed by atoms with Crippen molar-refractivity contribution in [2.24, 2.45) is 5.92 Å². The Bertz CT molecular complexity index is 478. The highest BCUT2D eigenvalue weighted by molar-refractivity contribution is 7.89. The molecule has 4 nitrogen and oxygen atoms in total. The van der Waals surface area contributed by atoms with Crippen LogP contribution in [-0.4, -0.2) is 22.0 Å². The molecule has 102 valence electrons. The van der Waals surface area contributed by atoms with Gasteiger partial charge in [0.1, 0.15) is 0 Å². The van der Waals surface area contributed by atoms with Crippen molar-refractivity contribution in [3.05, 3.63) is 16.3 Å². The Labute approximate surface area is 113 Å². The summed E-state index contributed by atoms with van der Waals surface area (Å²) in [5.41, 5.74) is 0. The maximum absolute atomic E-state index is 12.0. The standard InChI is InChI=1S/C12H20N2O2S2/c1-13-8-11-7-12(9-17-11)18(15,16)14-6-2-3-10-4-5-10/h7,9-10,13-14H,2-6,8H2,1H3. The number of nitrogens with one attached hydrogen (secondary N) is 2. The summed E-state index contributed by atoms with van der Waals surface area (Å²) >= 11 is 1.47. The van der Waals surface area contributed by atoms with Crippen LogP contribution >= 0.6 is 11.3 Å². The van der Waals surface area contributed by atoms with E-state index in [-0.39, 0.29) is 0 Å². The van der Waals surface area contributed by atoms with Gasteiger partial charge in [-0.25, -0.2) is 13.1 Å². The van der Waals surface area contributed by atoms with Crippen molar-refractivity contribution in [2.75, 3.05) is 13.6 Å². The van der Waals surface area contributed by atoms with E-state index in [4.69, 9.17) is 0 Å². The van der Waals surface area contributed by atoms with E-state index < -0.39 is 10.0 Å². The quantitative estimate of drug-likeness (QED) is 0.719. The first-order valence-corrected chi connectivity index (χ1v) is 8.70. The lowest BCUT2D eigenvalue weighted by Gasteiger charge is -2.04. The number of thiophene rings is 1. The molecule has 2 rings (SSSR count). The highest BCUT2D eigenvalue weighted by Gasteiger charge is 2.21. The van der Waals surface area contributed by atoms with Gasteiger partial charge in [0.2, 0.25) is 10.0 Å². The molecule has 0 unspecified atom stereocenters. The minimum absolute atomic E-state index is 0.393. The summed E-state index contributed by atoms with van der Waals surface area (Å²) in [4.78, 5) is 1.43. The van der Waals surface area contributed by atoms with Crippen LogP contribution in [0.25, 0.3) is 0 Å². The van der Waals surface area contributed by atoms with Crippen LogP contribution in [-0.2, 0) is 16.6 Å². The molecule has 0 spiro atoms. The topological polar surface area (TPSA) is 58.2 Å². The molecule has 0 aromatic carbocycles. The van der Waals surface area contributed by atoms with Crippen LogP contribution < -0.4 is 10.0 Å². The minimum Gasteiger partial charge on any atom is -0.315 e. The number of hydrogen-bond acceptors (Lipinski definition) is 4. The Morgan fingerprint density at radius 1 is 1.44 bits per heavy atom. The van der Waals surface area contributed by atoms with Crippen LogP contribution in [0.15, 0.2) is 16.3 Å². The molecule has 1 aromatic rings. The summed E-state index contributed by atoms with van der Waals surface area (Å²) in [6.07, 6.45) is 4.74. The van der Waals surface area contributed by atoms with E-state index in [9.17, 15) is 8.42 Å². The lowest BCUT2D eigenvalue weighted by molar-refractivity contribution is 0.573. The van der Waals surface area contributed by atoms with Gasteiger partial charge in [-0.1, -0.05) is 12.8 Å². The molecule has 1 aliphatic rings. The van der Waals surface area contributed by atoms with Crippen LogP contribution in [0.4, 0.5) is 0 Å². The molecule has 18 heavy (non-hydrogen) atoms. The van der Waals surface area contributed by atoms with Crippen molar-refractivity contribution in [3.63, 3.8) is 0 Å². The molecule has 0 radical (unpaired) electrons. The van der Waals surface area contributed by atoms with Gasteiger partial charge < -0.3 is 5.32 Å². The zero-order chi connectivity index (χ0) is 13.0. The normalized spacial score (nSPS) is 16.1. The van der Waals surface area contributed by atoms with E-state index in [2.05, 4.69) is 10.0 Å². The third-order valence-electron chi connectivity index (χ3n) is 3.07. The predicted octanol–water partition coefficient (Wildman–Crippen LogP) is 1.94. The van der Waals surface area contributed by atoms with Crippen molar-refractivity contribution < 1.29 is 8.42 Å². The van der Waals surface area contributed by atoms with Crippen molar-refractivity contribution in [1.29, 1.82) is 0 Å². The number of rotatable bonds is 8. The number of hydrogen-bond donors (Lipinski definition) is 2. The second-order valence-corrected chi connectivity index (χ2v) is 7.53. The Morgan fingerprint density at radius 3 is 2.89 bits per heavy atom. The Morgan fingerprint density at radius 2 is 2.22 bits per heavy atom. The molecule has 2 N–H and O–H groups in total. The lowest BCUT2D eigenvalue weighted by Crippen LogP contribution is -2.24. The molecule has 1 fully saturated rings. The van der Waals surface area contributed by atoms with E-state index in [1.54, 1.807) is 11.4 Å². The number of sulfonamides is 1. The first-order valence-electron chi connectivity index (χ1n) is 6.33. The van der Waals surface area contributed by atoms with Gasteiger partial charge in [0, 0.05) is 23.3 Å². The lowest BCUT2D eigenvalue weighted by atomic mass is 10.2. The average Bonchev–Trinajstić information content (AvgIpc) is 3.03. The molecule has 1 aromatic heterocycles. The van der Waals surface area contributed by atoms with Crippen molar-refractivity contribution >= 4 is 21.4 Å². The van der Waals surface area contributed by atoms with E-state index >= 15 is 0 Å². The molecular formula is C12H20N2O2S2. The highest BCUT2D eigenvalue weighted by Crippen LogP contribution is 2.33. The average molecular weight is 288 g/mol. The molecule has 0 aliphatic heterocycles. The summed E-state index contributed by atoms with van der Waals surface area (Å²) in [5.74, 6) is 0.859. The van der Waals surface area contributed by atoms with Crippen LogP contribution in [0.5, 0.6) is 0 Å². The third-order valence-corrected chi connectivity index (χ3v) is 5.60. The molecule has 0 amide bonds. The zero-order valence-corrected chi connectivity index (χ0v) is 12.2. The fourth-order valence-corrected chi connectivity index (χ4v) is 4.22. The molecule has 1 saturated carbocycles. The first kappa shape index (κ1) is 14.0. The van der Waals surface area contributed by atoms with Crippen LogP contribution in [0.1, 0.15) is 30.6 Å². The molecule has 0 bridgehead atoms. The predicted molar refractivity (Wildman–Crippen MR) is 74.2 cm³/mol. The third kappa shape index (κ3) is 4.05. The molecule has 1 aliphatic carbocycles. The second kappa shape index (κ2) is 6.14. The molecule has 1 heterocycles. The summed E-state index contributed by atoms with van der Waals surface area (Å²) in [6, 6.07) is 1.74. The van der Waals surface area contributed by atoms with Crippen LogP contribution in [0, 0.1) is 5.92 Å². The molecule has 0 saturated heterocycles. The maximum atomic E-state index is 12.0. The van der Waals surface area contributed by atoms with Gasteiger partial charge in [-0.05, 0) is 31.9 Å². The van der Waals surface area contributed by atoms with E-state index in [1.165, 1.54) is 24.2 Å². The van der Waals surface area contributed by atoms with Crippen molar-refractivity contribution in [3.8, 4) is 0 Å². The fourth-order valence-electron chi connectivity index (χ4n) is 1.86. The Kier molecular flexibility index (Phi) is 4.77. The monoisotopic (exact) mass is 288 g/mol. The highest BCUT2D eigenvalue weighted by atomic mass is 32.2. The maximum Gasteiger partial charge on any atom is 0.241 e. The zero-order valence-electron chi connectivity index (χ0n) is 10.6. The van der Waals surface area contributed by atoms with E-state index in [0.29, 0.717) is 18.0 Å². The van der Waals surface area contributed by atoms with Gasteiger partial charge in [0.25, 0.3) is 0 Å². The van der Waals surface area contributed by atoms with Gasteiger partial charge in [0.05, 0.1) is 4.90 Å². The van der Waals surface area contributed by atoms with Gasteiger partial charge >= 0.3 is 0 Å². The summed E-state index contributed by atoms with van der Waals surface area (Å²) in [6.45, 7) is 1.26. The largest absolute Gasteiger partial charge is 0.315 e. The molecule has 0 atom stereocenters. The second-order valence-electron chi connectivity index (χ2n) is 4.76. The van der Waals surface area contributed by atoms with Gasteiger partial charge in [-0.2, -0.15) is 0 Å². The van der Waals surface area contributed by atoms with Crippen molar-refractivity contribution in [1.82, 2.24) is 10.0 Å². The van der Waals surface area contributed by atoms with E-state index in [0.717, 1.165) is 23.6 Å². The summed E-state index contributed by atoms with van der Waals surface area (Å²) in [5, 5.41) is 4.72. The van der Waals surface area contributed by atoms with Gasteiger partial charge in [-0.15, -0.1) is 11.3 Å². The Hall–Kier alpha value is -0.430. The van der Waals surface area contributed by atoms with Crippen molar-refractivity contribution in [2.45, 2.75) is 37.1 Å². The molecule has 6 heteroatoms. The van der Waals surface area contributed by atoms with Gasteiger partial charge in [-0.3, -0.25) is 0 Å². The van der Waals surface area contributed by atoms with Crippen LogP contribution in [0.3, 0.4) is 0 Å². The fraction of sp³-hybridized carbons (Fsp3) is 0.667. The minimum atomic E-state index is -3.30. The SMILES string of the molecule is CNCc1cc(S(=O)(=O)NCCCC2CC2)cs1. The Balaban J connectivity index is 1.83.